The maximum atomic E-state index is 14.6. The Kier molecular flexibility index (Phi) is 8.92. The first-order chi connectivity index (χ1) is 21.7. The van der Waals surface area contributed by atoms with Gasteiger partial charge in [0.25, 0.3) is 11.8 Å². The molecule has 3 aliphatic carbocycles. The van der Waals surface area contributed by atoms with Crippen LogP contribution in [0.25, 0.3) is 0 Å². The van der Waals surface area contributed by atoms with Crippen LogP contribution in [-0.2, 0) is 20.9 Å². The number of amides is 2. The van der Waals surface area contributed by atoms with E-state index in [1.54, 1.807) is 12.1 Å². The van der Waals surface area contributed by atoms with Gasteiger partial charge in [-0.05, 0) is 91.2 Å². The lowest BCUT2D eigenvalue weighted by Crippen LogP contribution is -2.53. The smallest absolute Gasteiger partial charge is 0.305 e. The highest BCUT2D eigenvalue weighted by molar-refractivity contribution is 6.46. The highest BCUT2D eigenvalue weighted by Gasteiger charge is 2.55. The van der Waals surface area contributed by atoms with Gasteiger partial charge in [-0.2, -0.15) is 0 Å². The predicted molar refractivity (Wildman–Crippen MR) is 172 cm³/mol. The van der Waals surface area contributed by atoms with E-state index in [1.807, 2.05) is 30.3 Å². The van der Waals surface area contributed by atoms with Crippen LogP contribution in [0, 0.1) is 17.8 Å². The van der Waals surface area contributed by atoms with Gasteiger partial charge in [0.1, 0.15) is 18.0 Å². The average molecular weight is 610 g/mol. The van der Waals surface area contributed by atoms with Gasteiger partial charge in [0.05, 0.1) is 18.2 Å². The molecule has 2 N–H and O–H groups in total. The molecule has 2 aromatic carbocycles. The number of carboxylic acids is 1. The lowest BCUT2D eigenvalue weighted by atomic mass is 9.75. The minimum absolute atomic E-state index is 0.0111. The number of ether oxygens (including phenoxy) is 1. The van der Waals surface area contributed by atoms with Gasteiger partial charge in [-0.1, -0.05) is 62.4 Å². The molecule has 2 aromatic rings. The molecule has 6 rings (SSSR count). The number of carbonyl (C=O) groups excluding carboxylic acids is 2. The third-order valence-electron chi connectivity index (χ3n) is 9.50. The third-order valence-corrected chi connectivity index (χ3v) is 9.50. The maximum Gasteiger partial charge on any atom is 0.305 e. The number of carboxylic acid groups (broad SMARTS) is 1. The van der Waals surface area contributed by atoms with Crippen LogP contribution in [0.15, 0.2) is 83.1 Å². The molecule has 45 heavy (non-hydrogen) atoms. The van der Waals surface area contributed by atoms with E-state index in [4.69, 9.17) is 14.8 Å². The number of nitrogens with zero attached hydrogens (tertiary/aromatic N) is 2. The Hall–Kier alpha value is -4.20. The highest BCUT2D eigenvalue weighted by Crippen LogP contribution is 2.53. The number of aliphatic carboxylic acids is 1. The first kappa shape index (κ1) is 30.8. The number of hydrogen-bond acceptors (Lipinski definition) is 5. The van der Waals surface area contributed by atoms with Crippen LogP contribution in [0.4, 0.5) is 0 Å². The van der Waals surface area contributed by atoms with Crippen molar-refractivity contribution in [3.05, 3.63) is 94.8 Å². The molecule has 4 aliphatic rings. The van der Waals surface area contributed by atoms with Gasteiger partial charge in [0, 0.05) is 18.5 Å². The van der Waals surface area contributed by atoms with E-state index in [0.717, 1.165) is 54.6 Å². The summed E-state index contributed by atoms with van der Waals surface area (Å²) in [5, 5.41) is 11.6. The second-order valence-electron chi connectivity index (χ2n) is 13.4. The van der Waals surface area contributed by atoms with Crippen LogP contribution < -0.4 is 5.32 Å². The molecular weight excluding hydrogens is 566 g/mol. The number of allylic oxidation sites excluding steroid dienone is 2. The zero-order valence-corrected chi connectivity index (χ0v) is 26.2. The molecule has 0 aromatic heterocycles. The van der Waals surface area contributed by atoms with Crippen LogP contribution in [0.2, 0.25) is 0 Å². The minimum atomic E-state index is -0.952. The first-order valence-electron chi connectivity index (χ1n) is 16.3. The zero-order valence-electron chi connectivity index (χ0n) is 26.2. The van der Waals surface area contributed by atoms with E-state index in [-0.39, 0.29) is 30.8 Å². The van der Waals surface area contributed by atoms with Gasteiger partial charge in [-0.25, -0.2) is 0 Å². The van der Waals surface area contributed by atoms with E-state index in [0.29, 0.717) is 48.5 Å². The molecule has 0 radical (unpaired) electrons. The molecule has 0 bridgehead atoms. The zero-order chi connectivity index (χ0) is 31.6. The normalized spacial score (nSPS) is 25.3. The van der Waals surface area contributed by atoms with E-state index < -0.39 is 11.6 Å². The Morgan fingerprint density at radius 2 is 1.73 bits per heavy atom. The molecular formula is C37H43N3O5. The van der Waals surface area contributed by atoms with Crippen LogP contribution in [0.3, 0.4) is 0 Å². The summed E-state index contributed by atoms with van der Waals surface area (Å²) in [7, 11) is 0. The number of hydrogen-bond donors (Lipinski definition) is 2. The molecule has 3 unspecified atom stereocenters. The molecule has 2 amide bonds. The summed E-state index contributed by atoms with van der Waals surface area (Å²) in [6.07, 6.45) is 10.2. The molecule has 3 atom stereocenters. The van der Waals surface area contributed by atoms with Crippen LogP contribution in [0.1, 0.15) is 92.7 Å². The van der Waals surface area contributed by atoms with Crippen molar-refractivity contribution in [2.75, 3.05) is 6.54 Å². The summed E-state index contributed by atoms with van der Waals surface area (Å²) in [6.45, 7) is 5.15. The topological polar surface area (TPSA) is 108 Å². The number of carbonyl (C=O) groups is 3. The Morgan fingerprint density at radius 1 is 1.02 bits per heavy atom. The predicted octanol–water partition coefficient (Wildman–Crippen LogP) is 6.60. The molecule has 1 heterocycles. The van der Waals surface area contributed by atoms with Crippen LogP contribution in [-0.4, -0.2) is 45.7 Å². The number of rotatable bonds is 11. The lowest BCUT2D eigenvalue weighted by Gasteiger charge is -2.47. The summed E-state index contributed by atoms with van der Waals surface area (Å²) >= 11 is 0. The fourth-order valence-corrected chi connectivity index (χ4v) is 7.48. The fraction of sp³-hybridized carbons (Fsp3) is 0.459. The highest BCUT2D eigenvalue weighted by atomic mass is 16.5. The molecule has 1 spiro atoms. The second kappa shape index (κ2) is 13.0. The van der Waals surface area contributed by atoms with Gasteiger partial charge in [-0.15, -0.1) is 0 Å². The van der Waals surface area contributed by atoms with Crippen molar-refractivity contribution in [1.29, 1.82) is 0 Å². The van der Waals surface area contributed by atoms with Crippen molar-refractivity contribution in [2.24, 2.45) is 22.7 Å². The van der Waals surface area contributed by atoms with E-state index in [9.17, 15) is 14.4 Å². The van der Waals surface area contributed by atoms with Crippen molar-refractivity contribution in [2.45, 2.75) is 83.5 Å². The molecule has 1 aliphatic heterocycles. The van der Waals surface area contributed by atoms with E-state index >= 15 is 0 Å². The summed E-state index contributed by atoms with van der Waals surface area (Å²) < 4.78 is 6.09. The summed E-state index contributed by atoms with van der Waals surface area (Å²) in [6, 6.07) is 17.5. The SMILES string of the molecule is CC1CC(C)CC2(C1)N=C(C1=CCC(OCc3ccccc3)=CC1)C(=O)N2C(c1ccc(C(=O)NCCC(=O)O)cc1)C1CC1. The van der Waals surface area contributed by atoms with E-state index in [2.05, 4.69) is 48.3 Å². The van der Waals surface area contributed by atoms with Gasteiger partial charge >= 0.3 is 5.97 Å². The molecule has 0 saturated heterocycles. The van der Waals surface area contributed by atoms with Crippen LogP contribution in [0.5, 0.6) is 0 Å². The molecule has 236 valence electrons. The summed E-state index contributed by atoms with van der Waals surface area (Å²) in [4.78, 5) is 45.5. The molecule has 2 fully saturated rings. The van der Waals surface area contributed by atoms with Crippen molar-refractivity contribution in [3.8, 4) is 0 Å². The molecule has 8 heteroatoms. The van der Waals surface area contributed by atoms with E-state index in [1.165, 1.54) is 0 Å². The Balaban J connectivity index is 1.24. The standard InChI is InChI=1S/C37H43N3O5/c1-24-20-25(2)22-37(21-24)39-33(27-14-16-31(17-15-27)45-23-26-6-4-3-5-7-26)36(44)40(37)34(28-8-9-28)29-10-12-30(13-11-29)35(43)38-19-18-32(41)42/h3-7,10-14,17,24-25,28,34H,8-9,15-16,18-23H2,1-2H3,(H,38,43)(H,41,42). The Bertz CT molecular complexity index is 1510. The summed E-state index contributed by atoms with van der Waals surface area (Å²) in [5.74, 6) is 0.919. The van der Waals surface area contributed by atoms with Crippen molar-refractivity contribution in [3.63, 3.8) is 0 Å². The monoisotopic (exact) mass is 609 g/mol. The first-order valence-corrected chi connectivity index (χ1v) is 16.3. The number of benzene rings is 2. The molecule has 2 saturated carbocycles. The summed E-state index contributed by atoms with van der Waals surface area (Å²) in [5.41, 5.74) is 3.60. The largest absolute Gasteiger partial charge is 0.493 e. The van der Waals surface area contributed by atoms with Gasteiger partial charge < -0.3 is 20.1 Å². The van der Waals surface area contributed by atoms with Crippen molar-refractivity contribution < 1.29 is 24.2 Å². The van der Waals surface area contributed by atoms with Gasteiger partial charge in [-0.3, -0.25) is 19.4 Å². The second-order valence-corrected chi connectivity index (χ2v) is 13.4. The fourth-order valence-electron chi connectivity index (χ4n) is 7.48. The Morgan fingerprint density at radius 3 is 2.36 bits per heavy atom. The quantitative estimate of drug-likeness (QED) is 0.299. The van der Waals surface area contributed by atoms with Crippen LogP contribution >= 0.6 is 0 Å². The van der Waals surface area contributed by atoms with Gasteiger partial charge in [0.2, 0.25) is 0 Å². The molecule has 8 nitrogen and oxygen atoms in total. The maximum absolute atomic E-state index is 14.6. The third kappa shape index (κ3) is 6.90. The minimum Gasteiger partial charge on any atom is -0.493 e. The van der Waals surface area contributed by atoms with Crippen molar-refractivity contribution in [1.82, 2.24) is 10.2 Å². The Labute approximate surface area is 265 Å². The van der Waals surface area contributed by atoms with Crippen molar-refractivity contribution >= 4 is 23.5 Å². The number of aliphatic imine (C=N–C) groups is 1. The van der Waals surface area contributed by atoms with Gasteiger partial charge in [0.15, 0.2) is 0 Å². The number of nitrogens with one attached hydrogen (secondary N) is 1. The average Bonchev–Trinajstić information content (AvgIpc) is 3.83. The lowest BCUT2D eigenvalue weighted by molar-refractivity contribution is -0.137.